The van der Waals surface area contributed by atoms with Crippen LogP contribution >= 0.6 is 22.7 Å². The van der Waals surface area contributed by atoms with E-state index >= 15 is 0 Å². The normalized spacial score (nSPS) is 9.73. The quantitative estimate of drug-likeness (QED) is 0.604. The Balaban J connectivity index is 2.53. The molecular weight excluding hydrogens is 236 g/mol. The Morgan fingerprint density at radius 3 is 2.47 bits per heavy atom. The van der Waals surface area contributed by atoms with Crippen LogP contribution in [-0.4, -0.2) is 11.9 Å². The molecule has 0 saturated carbocycles. The maximum absolute atomic E-state index is 10.6. The maximum atomic E-state index is 10.6. The number of rotatable bonds is 4. The molecule has 0 aromatic carbocycles. The summed E-state index contributed by atoms with van der Waals surface area (Å²) in [4.78, 5) is 23.1. The van der Waals surface area contributed by atoms with Gasteiger partial charge in [0.25, 0.3) is 0 Å². The third kappa shape index (κ3) is 4.35. The van der Waals surface area contributed by atoms with Crippen molar-refractivity contribution < 1.29 is 19.1 Å². The average Bonchev–Trinajstić information content (AvgIpc) is 2.58. The molecule has 0 N–H and O–H groups in total. The molecule has 1 aromatic rings. The Labute approximate surface area is 95.5 Å². The molecule has 0 spiro atoms. The third-order valence-electron chi connectivity index (χ3n) is 1.50. The van der Waals surface area contributed by atoms with Crippen molar-refractivity contribution in [2.24, 2.45) is 0 Å². The van der Waals surface area contributed by atoms with Gasteiger partial charge in [-0.25, -0.2) is 0 Å². The fourth-order valence-electron chi connectivity index (χ4n) is 0.835. The molecule has 0 atom stereocenters. The van der Waals surface area contributed by atoms with Crippen LogP contribution in [0.4, 0.5) is 0 Å². The van der Waals surface area contributed by atoms with Crippen molar-refractivity contribution in [3.63, 3.8) is 0 Å². The minimum Gasteiger partial charge on any atom is -0.458 e. The van der Waals surface area contributed by atoms with E-state index in [0.29, 0.717) is 0 Å². The summed E-state index contributed by atoms with van der Waals surface area (Å²) in [7, 11) is 0. The lowest BCUT2D eigenvalue weighted by molar-refractivity contribution is -0.143. The Kier molecular flexibility index (Phi) is 4.64. The molecule has 0 amide bonds. The van der Waals surface area contributed by atoms with E-state index in [1.54, 1.807) is 0 Å². The molecule has 82 valence electrons. The Morgan fingerprint density at radius 1 is 1.27 bits per heavy atom. The lowest BCUT2D eigenvalue weighted by Gasteiger charge is -1.98. The molecule has 0 aliphatic heterocycles. The van der Waals surface area contributed by atoms with E-state index in [1.807, 2.05) is 4.69 Å². The van der Waals surface area contributed by atoms with Crippen molar-refractivity contribution in [3.8, 4) is 0 Å². The van der Waals surface area contributed by atoms with Gasteiger partial charge in [0.2, 0.25) is 4.69 Å². The van der Waals surface area contributed by atoms with Gasteiger partial charge in [-0.15, -0.1) is 0 Å². The minimum atomic E-state index is -0.313. The van der Waals surface area contributed by atoms with Gasteiger partial charge >= 0.3 is 11.9 Å². The molecule has 1 heterocycles. The second-order valence-corrected chi connectivity index (χ2v) is 4.97. The molecule has 0 bridgehead atoms. The summed E-state index contributed by atoms with van der Waals surface area (Å²) >= 11 is 2.99. The summed E-state index contributed by atoms with van der Waals surface area (Å²) in [5, 5.41) is 0. The molecule has 0 aliphatic carbocycles. The fraction of sp³-hybridized carbons (Fsp3) is 0.444. The van der Waals surface area contributed by atoms with E-state index in [9.17, 15) is 9.59 Å². The van der Waals surface area contributed by atoms with Crippen molar-refractivity contribution >= 4 is 34.6 Å². The van der Waals surface area contributed by atoms with Gasteiger partial charge in [0, 0.05) is 13.8 Å². The minimum absolute atomic E-state index is 0.250. The second-order valence-electron chi connectivity index (χ2n) is 2.74. The highest BCUT2D eigenvalue weighted by Gasteiger charge is 2.17. The third-order valence-corrected chi connectivity index (χ3v) is 3.70. The molecule has 0 saturated heterocycles. The first-order chi connectivity index (χ1) is 7.09. The van der Waals surface area contributed by atoms with Crippen LogP contribution in [0.1, 0.15) is 23.6 Å². The molecule has 15 heavy (non-hydrogen) atoms. The van der Waals surface area contributed by atoms with Crippen LogP contribution in [0.15, 0.2) is 4.69 Å². The van der Waals surface area contributed by atoms with Crippen molar-refractivity contribution in [1.29, 1.82) is 0 Å². The summed E-state index contributed by atoms with van der Waals surface area (Å²) in [5.41, 5.74) is 0. The van der Waals surface area contributed by atoms with Crippen molar-refractivity contribution in [1.82, 2.24) is 0 Å². The van der Waals surface area contributed by atoms with Crippen LogP contribution in [0.3, 0.4) is 0 Å². The molecular formula is C9H11O4S2+. The summed E-state index contributed by atoms with van der Waals surface area (Å²) in [5.74, 6) is -0.626. The zero-order valence-corrected chi connectivity index (χ0v) is 10.1. The number of hydrogen-bond acceptors (Lipinski definition) is 5. The van der Waals surface area contributed by atoms with Crippen LogP contribution in [0.25, 0.3) is 0 Å². The zero-order valence-electron chi connectivity index (χ0n) is 8.44. The van der Waals surface area contributed by atoms with E-state index in [2.05, 4.69) is 0 Å². The predicted octanol–water partition coefficient (Wildman–Crippen LogP) is 2.22. The van der Waals surface area contributed by atoms with E-state index in [-0.39, 0.29) is 25.2 Å². The van der Waals surface area contributed by atoms with Gasteiger partial charge in [0.1, 0.15) is 13.2 Å². The lowest BCUT2D eigenvalue weighted by atomic mass is 10.4. The number of hydrogen-bond donors (Lipinski definition) is 0. The van der Waals surface area contributed by atoms with Gasteiger partial charge in [-0.2, -0.15) is 0 Å². The van der Waals surface area contributed by atoms with E-state index < -0.39 is 0 Å². The van der Waals surface area contributed by atoms with Crippen LogP contribution in [-0.2, 0) is 32.3 Å². The summed E-state index contributed by atoms with van der Waals surface area (Å²) in [6.45, 7) is 3.23. The molecule has 0 fully saturated rings. The largest absolute Gasteiger partial charge is 0.458 e. The van der Waals surface area contributed by atoms with Crippen molar-refractivity contribution in [2.45, 2.75) is 27.1 Å². The van der Waals surface area contributed by atoms with Gasteiger partial charge in [-0.3, -0.25) is 9.59 Å². The zero-order chi connectivity index (χ0) is 11.3. The van der Waals surface area contributed by atoms with Gasteiger partial charge in [0.05, 0.1) is 22.7 Å². The SMILES string of the molecule is CC(=O)OCc1sc[s+]c1COC(C)=O. The number of carbonyl (C=O) groups excluding carboxylic acids is 2. The van der Waals surface area contributed by atoms with E-state index in [0.717, 1.165) is 9.75 Å². The summed E-state index contributed by atoms with van der Waals surface area (Å²) in [6, 6.07) is 0. The van der Waals surface area contributed by atoms with Crippen molar-refractivity contribution in [3.05, 3.63) is 14.4 Å². The molecule has 1 rings (SSSR count). The fourth-order valence-corrected chi connectivity index (χ4v) is 2.88. The summed E-state index contributed by atoms with van der Waals surface area (Å²) in [6.07, 6.45) is 0. The molecule has 0 unspecified atom stereocenters. The van der Waals surface area contributed by atoms with E-state index in [4.69, 9.17) is 9.47 Å². The standard InChI is InChI=1S/C9H11O4S2/c1-6(10)12-3-8-9(15-5-14-8)4-13-7(2)11/h5H,3-4H2,1-2H3/q+1. The van der Waals surface area contributed by atoms with Gasteiger partial charge < -0.3 is 9.47 Å². The van der Waals surface area contributed by atoms with Crippen LogP contribution in [0, 0.1) is 0 Å². The number of esters is 2. The molecule has 4 nitrogen and oxygen atoms in total. The van der Waals surface area contributed by atoms with E-state index in [1.165, 1.54) is 36.5 Å². The molecule has 1 aromatic heterocycles. The van der Waals surface area contributed by atoms with Crippen molar-refractivity contribution in [2.75, 3.05) is 0 Å². The predicted molar refractivity (Wildman–Crippen MR) is 57.5 cm³/mol. The second kappa shape index (κ2) is 5.77. The first kappa shape index (κ1) is 12.1. The van der Waals surface area contributed by atoms with Gasteiger partial charge in [0.15, 0.2) is 9.75 Å². The molecule has 0 aliphatic rings. The van der Waals surface area contributed by atoms with Crippen LogP contribution in [0.2, 0.25) is 0 Å². The Hall–Kier alpha value is -1.01. The number of carbonyl (C=O) groups is 2. The molecule has 6 heteroatoms. The number of ether oxygens (including phenoxy) is 2. The summed E-state index contributed by atoms with van der Waals surface area (Å²) < 4.78 is 11.7. The Bertz CT molecular complexity index is 326. The topological polar surface area (TPSA) is 52.6 Å². The lowest BCUT2D eigenvalue weighted by Crippen LogP contribution is -2.02. The smallest absolute Gasteiger partial charge is 0.303 e. The first-order valence-corrected chi connectivity index (χ1v) is 5.99. The average molecular weight is 247 g/mol. The maximum Gasteiger partial charge on any atom is 0.303 e. The van der Waals surface area contributed by atoms with Crippen LogP contribution < -0.4 is 0 Å². The first-order valence-electron chi connectivity index (χ1n) is 4.23. The highest BCUT2D eigenvalue weighted by Crippen LogP contribution is 2.24. The monoisotopic (exact) mass is 247 g/mol. The molecule has 0 radical (unpaired) electrons. The highest BCUT2D eigenvalue weighted by molar-refractivity contribution is 7.28. The highest BCUT2D eigenvalue weighted by atomic mass is 32.2. The van der Waals surface area contributed by atoms with Crippen LogP contribution in [0.5, 0.6) is 0 Å². The van der Waals surface area contributed by atoms with Gasteiger partial charge in [-0.05, 0) is 0 Å². The van der Waals surface area contributed by atoms with Gasteiger partial charge in [-0.1, -0.05) is 0 Å². The Morgan fingerprint density at radius 2 is 1.87 bits per heavy atom.